The largest absolute Gasteiger partial charge is 0.486 e. The monoisotopic (exact) mass is 539 g/mol. The second-order valence-electron chi connectivity index (χ2n) is 11.0. The molecule has 0 fully saturated rings. The topological polar surface area (TPSA) is 44.5 Å². The molecule has 0 aliphatic heterocycles. The third kappa shape index (κ3) is 8.61. The number of thiocarbonyl (C=S) groups is 1. The Labute approximate surface area is 232 Å². The van der Waals surface area contributed by atoms with Gasteiger partial charge in [-0.3, -0.25) is 0 Å². The van der Waals surface area contributed by atoms with Crippen LogP contribution in [-0.2, 0) is 4.74 Å². The molecule has 6 heteroatoms. The van der Waals surface area contributed by atoms with Crippen LogP contribution in [0.4, 0.5) is 0 Å². The molecular weight excluding hydrogens is 498 g/mol. The van der Waals surface area contributed by atoms with Gasteiger partial charge in [0, 0.05) is 28.6 Å². The lowest BCUT2D eigenvalue weighted by Gasteiger charge is -2.26. The van der Waals surface area contributed by atoms with Crippen LogP contribution in [0.3, 0.4) is 0 Å². The highest BCUT2D eigenvalue weighted by Gasteiger charge is 2.25. The Bertz CT molecular complexity index is 1260. The first kappa shape index (κ1) is 29.2. The molecule has 0 N–H and O–H groups in total. The normalized spacial score (nSPS) is 11.8. The molecule has 4 nitrogen and oxygen atoms in total. The molecule has 0 amide bonds. The summed E-state index contributed by atoms with van der Waals surface area (Å²) in [6.07, 6.45) is 8.13. The summed E-state index contributed by atoms with van der Waals surface area (Å²) in [4.78, 5) is 4.47. The number of nitrogens with zero attached hydrogens (tertiary/aromatic N) is 1. The third-order valence-electron chi connectivity index (χ3n) is 6.69. The van der Waals surface area contributed by atoms with Crippen molar-refractivity contribution in [2.75, 3.05) is 13.2 Å². The molecule has 0 spiro atoms. The molecule has 0 unspecified atom stereocenters. The van der Waals surface area contributed by atoms with Gasteiger partial charge >= 0.3 is 0 Å². The molecule has 3 aromatic rings. The lowest BCUT2D eigenvalue weighted by atomic mass is 9.86. The molecule has 1 aromatic carbocycles. The molecule has 3 rings (SSSR count). The number of pyridine rings is 1. The van der Waals surface area contributed by atoms with Gasteiger partial charge in [-0.15, -0.1) is 0 Å². The van der Waals surface area contributed by atoms with Gasteiger partial charge in [0.15, 0.2) is 9.76 Å². The van der Waals surface area contributed by atoms with E-state index in [-0.39, 0.29) is 5.41 Å². The Morgan fingerprint density at radius 2 is 1.73 bits per heavy atom. The predicted molar refractivity (Wildman–Crippen MR) is 160 cm³/mol. The molecular formula is C31H41NO3S2. The first-order valence-electron chi connectivity index (χ1n) is 13.4. The van der Waals surface area contributed by atoms with Gasteiger partial charge in [-0.25, -0.2) is 4.98 Å². The number of aryl methyl sites for hydroxylation is 2. The fourth-order valence-electron chi connectivity index (χ4n) is 4.22. The molecule has 0 atom stereocenters. The van der Waals surface area contributed by atoms with Crippen molar-refractivity contribution in [3.8, 4) is 17.0 Å². The molecule has 2 heterocycles. The molecule has 37 heavy (non-hydrogen) atoms. The fourth-order valence-corrected chi connectivity index (χ4v) is 4.67. The van der Waals surface area contributed by atoms with Crippen LogP contribution in [0.1, 0.15) is 77.3 Å². The van der Waals surface area contributed by atoms with E-state index < -0.39 is 0 Å². The van der Waals surface area contributed by atoms with Crippen molar-refractivity contribution in [2.45, 2.75) is 80.1 Å². The van der Waals surface area contributed by atoms with E-state index in [9.17, 15) is 0 Å². The van der Waals surface area contributed by atoms with Crippen LogP contribution in [0.2, 0.25) is 0 Å². The minimum absolute atomic E-state index is 0.0419. The minimum Gasteiger partial charge on any atom is -0.486 e. The quantitative estimate of drug-likeness (QED) is 0.159. The number of aromatic nitrogens is 1. The van der Waals surface area contributed by atoms with E-state index in [4.69, 9.17) is 38.3 Å². The number of hydrogen-bond donors (Lipinski definition) is 0. The van der Waals surface area contributed by atoms with Gasteiger partial charge in [-0.1, -0.05) is 51.5 Å². The van der Waals surface area contributed by atoms with Gasteiger partial charge in [0.2, 0.25) is 5.88 Å². The van der Waals surface area contributed by atoms with Crippen molar-refractivity contribution in [1.29, 1.82) is 0 Å². The van der Waals surface area contributed by atoms with E-state index in [0.29, 0.717) is 35.3 Å². The van der Waals surface area contributed by atoms with Crippen molar-refractivity contribution >= 4 is 40.5 Å². The van der Waals surface area contributed by atoms with Crippen molar-refractivity contribution in [2.24, 2.45) is 11.3 Å². The molecule has 0 aliphatic carbocycles. The number of unbranched alkanes of at least 4 members (excludes halogenated alkanes) is 3. The SMILES string of the molecule is Cc1ccc(-c2cc3cnc(OCCCCCCOC(=S)C(C)(C)CCC(C)C)cc3oc2=S)c(C)c1. The second-order valence-corrected chi connectivity index (χ2v) is 11.8. The second kappa shape index (κ2) is 13.5. The number of hydrogen-bond acceptors (Lipinski definition) is 6. The van der Waals surface area contributed by atoms with Crippen molar-refractivity contribution in [3.05, 3.63) is 52.4 Å². The van der Waals surface area contributed by atoms with Gasteiger partial charge in [-0.05, 0) is 99.9 Å². The minimum atomic E-state index is -0.0419. The van der Waals surface area contributed by atoms with E-state index in [1.807, 2.05) is 6.07 Å². The Hall–Kier alpha value is -2.31. The van der Waals surface area contributed by atoms with Gasteiger partial charge in [0.25, 0.3) is 0 Å². The fraction of sp³-hybridized carbons (Fsp3) is 0.516. The van der Waals surface area contributed by atoms with Crippen LogP contribution >= 0.6 is 24.4 Å². The van der Waals surface area contributed by atoms with Crippen molar-refractivity contribution < 1.29 is 13.9 Å². The Balaban J connectivity index is 1.42. The summed E-state index contributed by atoms with van der Waals surface area (Å²) >= 11 is 11.1. The van der Waals surface area contributed by atoms with Gasteiger partial charge < -0.3 is 13.9 Å². The highest BCUT2D eigenvalue weighted by atomic mass is 32.1. The lowest BCUT2D eigenvalue weighted by Crippen LogP contribution is -2.25. The molecule has 0 aliphatic rings. The first-order valence-corrected chi connectivity index (χ1v) is 14.2. The smallest absolute Gasteiger partial charge is 0.216 e. The summed E-state index contributed by atoms with van der Waals surface area (Å²) in [5, 5.41) is 1.65. The molecule has 0 saturated carbocycles. The van der Waals surface area contributed by atoms with Crippen LogP contribution in [0.25, 0.3) is 22.1 Å². The number of fused-ring (bicyclic) bond motifs is 1. The summed E-state index contributed by atoms with van der Waals surface area (Å²) in [6, 6.07) is 10.2. The summed E-state index contributed by atoms with van der Waals surface area (Å²) in [6.45, 7) is 14.3. The van der Waals surface area contributed by atoms with Crippen LogP contribution in [0, 0.1) is 29.9 Å². The van der Waals surface area contributed by atoms with Crippen LogP contribution in [0.15, 0.2) is 40.9 Å². The van der Waals surface area contributed by atoms with Crippen LogP contribution < -0.4 is 4.74 Å². The highest BCUT2D eigenvalue weighted by molar-refractivity contribution is 7.80. The zero-order valence-electron chi connectivity index (χ0n) is 23.2. The zero-order chi connectivity index (χ0) is 27.0. The number of ether oxygens (including phenoxy) is 2. The molecule has 0 radical (unpaired) electrons. The standard InChI is InChI=1S/C31H41NO3S2/c1-21(2)13-14-31(5,6)30(37)34-16-10-8-7-9-15-33-28-19-27-24(20-32-28)18-26(29(36)35-27)25-12-11-22(3)17-23(25)4/h11-12,17-21H,7-10,13-16H2,1-6H3. The average Bonchev–Trinajstić information content (AvgIpc) is 2.84. The Morgan fingerprint density at radius 3 is 2.43 bits per heavy atom. The maximum atomic E-state index is 5.99. The summed E-state index contributed by atoms with van der Waals surface area (Å²) < 4.78 is 18.2. The summed E-state index contributed by atoms with van der Waals surface area (Å²) in [5.74, 6) is 1.24. The Morgan fingerprint density at radius 1 is 1.00 bits per heavy atom. The van der Waals surface area contributed by atoms with E-state index in [1.54, 1.807) is 6.20 Å². The third-order valence-corrected chi connectivity index (χ3v) is 7.66. The maximum Gasteiger partial charge on any atom is 0.216 e. The van der Waals surface area contributed by atoms with E-state index in [0.717, 1.165) is 53.7 Å². The molecule has 0 saturated heterocycles. The van der Waals surface area contributed by atoms with Crippen LogP contribution in [-0.4, -0.2) is 23.2 Å². The molecule has 200 valence electrons. The zero-order valence-corrected chi connectivity index (χ0v) is 24.8. The summed E-state index contributed by atoms with van der Waals surface area (Å²) in [7, 11) is 0. The predicted octanol–water partition coefficient (Wildman–Crippen LogP) is 9.59. The molecule has 0 bridgehead atoms. The van der Waals surface area contributed by atoms with Gasteiger partial charge in [0.1, 0.15) is 5.58 Å². The lowest BCUT2D eigenvalue weighted by molar-refractivity contribution is 0.244. The summed E-state index contributed by atoms with van der Waals surface area (Å²) in [5.41, 5.74) is 5.05. The number of benzene rings is 1. The van der Waals surface area contributed by atoms with E-state index >= 15 is 0 Å². The van der Waals surface area contributed by atoms with Crippen molar-refractivity contribution in [3.63, 3.8) is 0 Å². The maximum absolute atomic E-state index is 5.99. The first-order chi connectivity index (χ1) is 17.6. The number of rotatable bonds is 13. The van der Waals surface area contributed by atoms with E-state index in [1.165, 1.54) is 17.5 Å². The van der Waals surface area contributed by atoms with Gasteiger partial charge in [0.05, 0.1) is 13.2 Å². The van der Waals surface area contributed by atoms with E-state index in [2.05, 4.69) is 70.8 Å². The average molecular weight is 540 g/mol. The van der Waals surface area contributed by atoms with Gasteiger partial charge in [-0.2, -0.15) is 0 Å². The van der Waals surface area contributed by atoms with Crippen molar-refractivity contribution in [1.82, 2.24) is 4.98 Å². The Kier molecular flexibility index (Phi) is 10.7. The highest BCUT2D eigenvalue weighted by Crippen LogP contribution is 2.30. The molecule has 2 aromatic heterocycles. The van der Waals surface area contributed by atoms with Crippen LogP contribution in [0.5, 0.6) is 5.88 Å².